The Morgan fingerprint density at radius 1 is 1.11 bits per heavy atom. The van der Waals surface area contributed by atoms with E-state index in [4.69, 9.17) is 14.4 Å². The van der Waals surface area contributed by atoms with E-state index in [1.165, 1.54) is 6.21 Å². The maximum Gasteiger partial charge on any atom is 0.307 e. The van der Waals surface area contributed by atoms with Crippen molar-refractivity contribution < 1.29 is 13.9 Å². The third-order valence-electron chi connectivity index (χ3n) is 4.23. The molecule has 0 aliphatic carbocycles. The monoisotopic (exact) mass is 369 g/mol. The highest BCUT2D eigenvalue weighted by Gasteiger charge is 2.13. The molecule has 4 rings (SSSR count). The van der Waals surface area contributed by atoms with E-state index in [0.717, 1.165) is 16.2 Å². The number of para-hydroxylation sites is 1. The molecule has 0 radical (unpaired) electrons. The zero-order chi connectivity index (χ0) is 19.3. The number of rotatable bonds is 5. The fraction of sp³-hybridized carbons (Fsp3) is 0.0455. The van der Waals surface area contributed by atoms with E-state index in [1.807, 2.05) is 48.5 Å². The van der Waals surface area contributed by atoms with Crippen LogP contribution in [-0.2, 0) is 0 Å². The number of nitrogens with one attached hydrogen (secondary N) is 1. The zero-order valence-corrected chi connectivity index (χ0v) is 14.8. The van der Waals surface area contributed by atoms with Gasteiger partial charge in [0, 0.05) is 10.9 Å². The van der Waals surface area contributed by atoms with Crippen molar-refractivity contribution in [2.45, 2.75) is 0 Å². The third kappa shape index (κ3) is 3.41. The van der Waals surface area contributed by atoms with Gasteiger partial charge in [-0.15, -0.1) is 0 Å². The number of nitriles is 1. The van der Waals surface area contributed by atoms with E-state index in [1.54, 1.807) is 24.3 Å². The Morgan fingerprint density at radius 3 is 2.82 bits per heavy atom. The van der Waals surface area contributed by atoms with Gasteiger partial charge < -0.3 is 9.15 Å². The lowest BCUT2D eigenvalue weighted by Gasteiger charge is -2.04. The second-order valence-electron chi connectivity index (χ2n) is 5.99. The van der Waals surface area contributed by atoms with Gasteiger partial charge in [-0.1, -0.05) is 42.5 Å². The molecular weight excluding hydrogens is 354 g/mol. The van der Waals surface area contributed by atoms with Gasteiger partial charge in [0.1, 0.15) is 17.4 Å². The number of ether oxygens (including phenoxy) is 1. The maximum absolute atomic E-state index is 12.4. The molecule has 0 aliphatic rings. The highest BCUT2D eigenvalue weighted by atomic mass is 16.5. The molecule has 1 amide bonds. The number of hydrogen-bond acceptors (Lipinski definition) is 5. The molecule has 1 N–H and O–H groups in total. The Labute approximate surface area is 160 Å². The average molecular weight is 369 g/mol. The van der Waals surface area contributed by atoms with Crippen LogP contribution in [0.5, 0.6) is 5.75 Å². The van der Waals surface area contributed by atoms with Crippen LogP contribution in [0.2, 0.25) is 0 Å². The topological polar surface area (TPSA) is 87.6 Å². The first-order chi connectivity index (χ1) is 13.8. The maximum atomic E-state index is 12.4. The quantitative estimate of drug-likeness (QED) is 0.421. The van der Waals surface area contributed by atoms with Crippen molar-refractivity contribution in [1.82, 2.24) is 5.43 Å². The first-order valence-electron chi connectivity index (χ1n) is 8.60. The summed E-state index contributed by atoms with van der Waals surface area (Å²) < 4.78 is 11.0. The van der Waals surface area contributed by atoms with E-state index in [0.29, 0.717) is 16.9 Å². The number of furan rings is 1. The number of hydrazone groups is 1. The van der Waals surface area contributed by atoms with Gasteiger partial charge in [0.2, 0.25) is 0 Å². The zero-order valence-electron chi connectivity index (χ0n) is 14.8. The van der Waals surface area contributed by atoms with Crippen molar-refractivity contribution in [3.63, 3.8) is 0 Å². The van der Waals surface area contributed by atoms with Crippen LogP contribution in [0, 0.1) is 11.3 Å². The number of fused-ring (bicyclic) bond motifs is 3. The minimum Gasteiger partial charge on any atom is -0.478 e. The summed E-state index contributed by atoms with van der Waals surface area (Å²) in [4.78, 5) is 12.4. The van der Waals surface area contributed by atoms with Crippen LogP contribution in [0.25, 0.3) is 21.7 Å². The molecule has 136 valence electrons. The molecule has 1 heterocycles. The van der Waals surface area contributed by atoms with E-state index < -0.39 is 5.91 Å². The number of hydrogen-bond donors (Lipinski definition) is 1. The van der Waals surface area contributed by atoms with E-state index in [2.05, 4.69) is 10.5 Å². The van der Waals surface area contributed by atoms with Crippen LogP contribution in [0.3, 0.4) is 0 Å². The predicted molar refractivity (Wildman–Crippen MR) is 106 cm³/mol. The summed E-state index contributed by atoms with van der Waals surface area (Å²) in [5, 5.41) is 15.6. The third-order valence-corrected chi connectivity index (χ3v) is 4.23. The minimum atomic E-state index is -0.452. The standard InChI is InChI=1S/C22H15N3O3/c23-11-12-27-19-8-4-2-6-16(19)14-24-25-22(26)21-13-18-17-7-3-1-5-15(17)9-10-20(18)28-21/h1-10,13-14H,12H2,(H,25,26)/b24-14+. The van der Waals surface area contributed by atoms with Gasteiger partial charge in [-0.2, -0.15) is 10.4 Å². The number of nitrogens with zero attached hydrogens (tertiary/aromatic N) is 2. The van der Waals surface area contributed by atoms with Crippen LogP contribution in [-0.4, -0.2) is 18.7 Å². The lowest BCUT2D eigenvalue weighted by Crippen LogP contribution is -2.16. The Kier molecular flexibility index (Phi) is 4.72. The summed E-state index contributed by atoms with van der Waals surface area (Å²) in [5.41, 5.74) is 3.74. The van der Waals surface area contributed by atoms with Gasteiger partial charge in [0.15, 0.2) is 12.4 Å². The Balaban J connectivity index is 1.54. The summed E-state index contributed by atoms with van der Waals surface area (Å²) in [6.07, 6.45) is 1.46. The fourth-order valence-electron chi connectivity index (χ4n) is 2.95. The van der Waals surface area contributed by atoms with Crippen molar-refractivity contribution in [3.8, 4) is 11.8 Å². The van der Waals surface area contributed by atoms with Gasteiger partial charge in [0.05, 0.1) is 6.21 Å². The average Bonchev–Trinajstić information content (AvgIpc) is 3.18. The normalized spacial score (nSPS) is 11.0. The summed E-state index contributed by atoms with van der Waals surface area (Å²) in [5.74, 6) is 0.238. The predicted octanol–water partition coefficient (Wildman–Crippen LogP) is 4.25. The number of carbonyl (C=O) groups is 1. The SMILES string of the molecule is N#CCOc1ccccc1/C=N/NC(=O)c1cc2c(ccc3ccccc32)o1. The molecule has 0 unspecified atom stereocenters. The molecule has 6 heteroatoms. The summed E-state index contributed by atoms with van der Waals surface area (Å²) in [6, 6.07) is 22.5. The van der Waals surface area contributed by atoms with Crippen LogP contribution < -0.4 is 10.2 Å². The molecular formula is C22H15N3O3. The molecule has 0 saturated heterocycles. The fourth-order valence-corrected chi connectivity index (χ4v) is 2.95. The van der Waals surface area contributed by atoms with E-state index in [-0.39, 0.29) is 12.4 Å². The number of carbonyl (C=O) groups excluding carboxylic acids is 1. The second kappa shape index (κ2) is 7.64. The van der Waals surface area contributed by atoms with Gasteiger partial charge in [-0.25, -0.2) is 5.43 Å². The minimum absolute atomic E-state index is 0.0653. The van der Waals surface area contributed by atoms with Gasteiger partial charge >= 0.3 is 5.91 Å². The molecule has 0 spiro atoms. The van der Waals surface area contributed by atoms with Gasteiger partial charge in [-0.05, 0) is 35.0 Å². The van der Waals surface area contributed by atoms with Gasteiger partial charge in [-0.3, -0.25) is 4.79 Å². The molecule has 4 aromatic rings. The molecule has 0 atom stereocenters. The highest BCUT2D eigenvalue weighted by molar-refractivity contribution is 6.08. The van der Waals surface area contributed by atoms with Crippen LogP contribution >= 0.6 is 0 Å². The second-order valence-corrected chi connectivity index (χ2v) is 5.99. The molecule has 3 aromatic carbocycles. The van der Waals surface area contributed by atoms with Crippen LogP contribution in [0.15, 0.2) is 76.2 Å². The molecule has 0 bridgehead atoms. The summed E-state index contributed by atoms with van der Waals surface area (Å²) in [6.45, 7) is -0.0653. The largest absolute Gasteiger partial charge is 0.478 e. The van der Waals surface area contributed by atoms with Crippen molar-refractivity contribution in [1.29, 1.82) is 5.26 Å². The summed E-state index contributed by atoms with van der Waals surface area (Å²) in [7, 11) is 0. The van der Waals surface area contributed by atoms with Crippen molar-refractivity contribution in [2.75, 3.05) is 6.61 Å². The molecule has 1 aromatic heterocycles. The van der Waals surface area contributed by atoms with Crippen molar-refractivity contribution in [3.05, 3.63) is 78.1 Å². The van der Waals surface area contributed by atoms with Crippen LogP contribution in [0.4, 0.5) is 0 Å². The highest BCUT2D eigenvalue weighted by Crippen LogP contribution is 2.28. The molecule has 6 nitrogen and oxygen atoms in total. The van der Waals surface area contributed by atoms with E-state index >= 15 is 0 Å². The molecule has 0 saturated carbocycles. The lowest BCUT2D eigenvalue weighted by atomic mass is 10.1. The van der Waals surface area contributed by atoms with E-state index in [9.17, 15) is 4.79 Å². The smallest absolute Gasteiger partial charge is 0.307 e. The molecule has 28 heavy (non-hydrogen) atoms. The van der Waals surface area contributed by atoms with Gasteiger partial charge in [0.25, 0.3) is 0 Å². The molecule has 0 aliphatic heterocycles. The number of benzene rings is 3. The van der Waals surface area contributed by atoms with Crippen molar-refractivity contribution in [2.24, 2.45) is 5.10 Å². The van der Waals surface area contributed by atoms with Crippen LogP contribution in [0.1, 0.15) is 16.1 Å². The lowest BCUT2D eigenvalue weighted by molar-refractivity contribution is 0.0929. The van der Waals surface area contributed by atoms with Crippen molar-refractivity contribution >= 4 is 33.9 Å². The summed E-state index contributed by atoms with van der Waals surface area (Å²) >= 11 is 0. The number of amides is 1. The first kappa shape index (κ1) is 17.3. The Morgan fingerprint density at radius 2 is 1.93 bits per heavy atom. The Hall–Kier alpha value is -4.11. The molecule has 0 fully saturated rings. The first-order valence-corrected chi connectivity index (χ1v) is 8.60. The Bertz CT molecular complexity index is 1230.